The maximum absolute atomic E-state index is 6.38. The highest BCUT2D eigenvalue weighted by molar-refractivity contribution is 6.34. The molecule has 0 bridgehead atoms. The number of nitrogens with one attached hydrogen (secondary N) is 1. The quantitative estimate of drug-likeness (QED) is 0.462. The van der Waals surface area contributed by atoms with E-state index in [1.54, 1.807) is 0 Å². The van der Waals surface area contributed by atoms with Crippen LogP contribution in [0.15, 0.2) is 66.7 Å². The van der Waals surface area contributed by atoms with Crippen molar-refractivity contribution in [3.05, 3.63) is 76.8 Å². The van der Waals surface area contributed by atoms with Crippen LogP contribution in [0.1, 0.15) is 0 Å². The number of imidazole rings is 1. The van der Waals surface area contributed by atoms with Crippen molar-refractivity contribution in [3.8, 4) is 22.5 Å². The first-order valence-corrected chi connectivity index (χ1v) is 7.97. The van der Waals surface area contributed by atoms with Gasteiger partial charge in [-0.15, -0.1) is 0 Å². The van der Waals surface area contributed by atoms with Gasteiger partial charge in [-0.05, 0) is 42.0 Å². The average Bonchev–Trinajstić information content (AvgIpc) is 2.99. The SMILES string of the molecule is Clc1ccc(-c2nc3ccccc3[nH]2)c(-c2ccccc2Cl)c1. The molecule has 1 aromatic heterocycles. The smallest absolute Gasteiger partial charge is 0.139 e. The van der Waals surface area contributed by atoms with E-state index < -0.39 is 0 Å². The lowest BCUT2D eigenvalue weighted by Gasteiger charge is -2.10. The van der Waals surface area contributed by atoms with Crippen LogP contribution < -0.4 is 0 Å². The number of para-hydroxylation sites is 2. The first kappa shape index (κ1) is 14.3. The standard InChI is InChI=1S/C19H12Cl2N2/c20-12-9-10-14(15(11-12)13-5-1-2-6-16(13)21)19-22-17-7-3-4-8-18(17)23-19/h1-11H,(H,22,23). The van der Waals surface area contributed by atoms with Gasteiger partial charge in [-0.3, -0.25) is 0 Å². The second-order valence-corrected chi connectivity index (χ2v) is 6.12. The minimum absolute atomic E-state index is 0.666. The van der Waals surface area contributed by atoms with Crippen molar-refractivity contribution in [1.82, 2.24) is 9.97 Å². The fourth-order valence-corrected chi connectivity index (χ4v) is 3.12. The predicted molar refractivity (Wildman–Crippen MR) is 97.0 cm³/mol. The minimum Gasteiger partial charge on any atom is -0.338 e. The topological polar surface area (TPSA) is 28.7 Å². The molecule has 0 fully saturated rings. The van der Waals surface area contributed by atoms with Gasteiger partial charge in [0.2, 0.25) is 0 Å². The molecule has 0 aliphatic rings. The van der Waals surface area contributed by atoms with E-state index in [0.29, 0.717) is 10.0 Å². The molecular formula is C19H12Cl2N2. The molecule has 0 unspecified atom stereocenters. The third-order valence-electron chi connectivity index (χ3n) is 3.79. The highest BCUT2D eigenvalue weighted by Crippen LogP contribution is 2.37. The zero-order valence-electron chi connectivity index (χ0n) is 12.1. The first-order valence-electron chi connectivity index (χ1n) is 7.22. The molecule has 1 heterocycles. The van der Waals surface area contributed by atoms with Gasteiger partial charge in [-0.25, -0.2) is 4.98 Å². The summed E-state index contributed by atoms with van der Waals surface area (Å²) in [6.45, 7) is 0. The molecule has 112 valence electrons. The number of H-pyrrole nitrogens is 1. The van der Waals surface area contributed by atoms with Gasteiger partial charge in [0.1, 0.15) is 5.82 Å². The van der Waals surface area contributed by atoms with Crippen molar-refractivity contribution in [3.63, 3.8) is 0 Å². The summed E-state index contributed by atoms with van der Waals surface area (Å²) in [7, 11) is 0. The fourth-order valence-electron chi connectivity index (χ4n) is 2.71. The Morgan fingerprint density at radius 1 is 0.739 bits per heavy atom. The van der Waals surface area contributed by atoms with Crippen LogP contribution in [0.5, 0.6) is 0 Å². The predicted octanol–water partition coefficient (Wildman–Crippen LogP) is 6.20. The van der Waals surface area contributed by atoms with E-state index in [1.807, 2.05) is 66.7 Å². The van der Waals surface area contributed by atoms with E-state index in [0.717, 1.165) is 33.5 Å². The van der Waals surface area contributed by atoms with Crippen LogP contribution in [-0.2, 0) is 0 Å². The summed E-state index contributed by atoms with van der Waals surface area (Å²) in [4.78, 5) is 8.05. The van der Waals surface area contributed by atoms with Gasteiger partial charge >= 0.3 is 0 Å². The van der Waals surface area contributed by atoms with Gasteiger partial charge in [-0.2, -0.15) is 0 Å². The van der Waals surface area contributed by atoms with Crippen LogP contribution in [0.25, 0.3) is 33.5 Å². The lowest BCUT2D eigenvalue weighted by molar-refractivity contribution is 1.34. The summed E-state index contributed by atoms with van der Waals surface area (Å²) in [6, 6.07) is 21.5. The minimum atomic E-state index is 0.666. The van der Waals surface area contributed by atoms with Crippen molar-refractivity contribution in [1.29, 1.82) is 0 Å². The number of hydrogen-bond donors (Lipinski definition) is 1. The molecule has 1 N–H and O–H groups in total. The summed E-state index contributed by atoms with van der Waals surface area (Å²) >= 11 is 12.6. The molecule has 0 aliphatic carbocycles. The van der Waals surface area contributed by atoms with Crippen LogP contribution in [0.4, 0.5) is 0 Å². The zero-order chi connectivity index (χ0) is 15.8. The molecule has 0 saturated heterocycles. The Morgan fingerprint density at radius 3 is 2.35 bits per heavy atom. The monoisotopic (exact) mass is 338 g/mol. The van der Waals surface area contributed by atoms with Crippen molar-refractivity contribution in [2.75, 3.05) is 0 Å². The van der Waals surface area contributed by atoms with Gasteiger partial charge in [0.15, 0.2) is 0 Å². The highest BCUT2D eigenvalue weighted by Gasteiger charge is 2.14. The Kier molecular flexibility index (Phi) is 3.56. The average molecular weight is 339 g/mol. The number of rotatable bonds is 2. The van der Waals surface area contributed by atoms with Gasteiger partial charge in [0.25, 0.3) is 0 Å². The summed E-state index contributed by atoms with van der Waals surface area (Å²) in [5, 5.41) is 1.35. The van der Waals surface area contributed by atoms with E-state index in [4.69, 9.17) is 23.2 Å². The van der Waals surface area contributed by atoms with Crippen LogP contribution in [-0.4, -0.2) is 9.97 Å². The van der Waals surface area contributed by atoms with Crippen LogP contribution in [0.3, 0.4) is 0 Å². The van der Waals surface area contributed by atoms with Gasteiger partial charge in [-0.1, -0.05) is 53.5 Å². The summed E-state index contributed by atoms with van der Waals surface area (Å²) < 4.78 is 0. The van der Waals surface area contributed by atoms with Gasteiger partial charge < -0.3 is 4.98 Å². The molecule has 2 nitrogen and oxygen atoms in total. The van der Waals surface area contributed by atoms with Crippen molar-refractivity contribution >= 4 is 34.2 Å². The summed E-state index contributed by atoms with van der Waals surface area (Å²) in [5.41, 5.74) is 4.80. The maximum Gasteiger partial charge on any atom is 0.139 e. The van der Waals surface area contributed by atoms with E-state index in [9.17, 15) is 0 Å². The van der Waals surface area contributed by atoms with Gasteiger partial charge in [0.05, 0.1) is 11.0 Å². The number of nitrogens with zero attached hydrogens (tertiary/aromatic N) is 1. The van der Waals surface area contributed by atoms with Gasteiger partial charge in [0, 0.05) is 21.2 Å². The molecule has 3 aromatic carbocycles. The summed E-state index contributed by atoms with van der Waals surface area (Å²) in [6.07, 6.45) is 0. The second-order valence-electron chi connectivity index (χ2n) is 5.27. The van der Waals surface area contributed by atoms with E-state index in [1.165, 1.54) is 0 Å². The Hall–Kier alpha value is -2.29. The van der Waals surface area contributed by atoms with E-state index in [-0.39, 0.29) is 0 Å². The number of halogens is 2. The molecule has 4 rings (SSSR count). The number of fused-ring (bicyclic) bond motifs is 1. The second kappa shape index (κ2) is 5.73. The lowest BCUT2D eigenvalue weighted by atomic mass is 9.99. The van der Waals surface area contributed by atoms with E-state index >= 15 is 0 Å². The third kappa shape index (κ3) is 2.61. The maximum atomic E-state index is 6.38. The number of aromatic nitrogens is 2. The molecule has 0 saturated carbocycles. The van der Waals surface area contributed by atoms with E-state index in [2.05, 4.69) is 9.97 Å². The Labute approximate surface area is 143 Å². The first-order chi connectivity index (χ1) is 11.2. The molecule has 0 radical (unpaired) electrons. The Morgan fingerprint density at radius 2 is 1.52 bits per heavy atom. The number of benzene rings is 3. The van der Waals surface area contributed by atoms with Crippen molar-refractivity contribution in [2.45, 2.75) is 0 Å². The summed E-state index contributed by atoms with van der Waals surface area (Å²) in [5.74, 6) is 0.804. The molecule has 0 aliphatic heterocycles. The lowest BCUT2D eigenvalue weighted by Crippen LogP contribution is -1.88. The Bertz CT molecular complexity index is 972. The van der Waals surface area contributed by atoms with Crippen LogP contribution >= 0.6 is 23.2 Å². The fraction of sp³-hybridized carbons (Fsp3) is 0. The molecule has 0 atom stereocenters. The molecule has 4 heteroatoms. The normalized spacial score (nSPS) is 11.0. The number of hydrogen-bond acceptors (Lipinski definition) is 1. The molecular weight excluding hydrogens is 327 g/mol. The molecule has 4 aromatic rings. The third-order valence-corrected chi connectivity index (χ3v) is 4.35. The van der Waals surface area contributed by atoms with Crippen LogP contribution in [0, 0.1) is 0 Å². The van der Waals surface area contributed by atoms with Crippen molar-refractivity contribution in [2.24, 2.45) is 0 Å². The highest BCUT2D eigenvalue weighted by atomic mass is 35.5. The number of aromatic amines is 1. The largest absolute Gasteiger partial charge is 0.338 e. The molecule has 23 heavy (non-hydrogen) atoms. The molecule has 0 amide bonds. The van der Waals surface area contributed by atoms with Crippen molar-refractivity contribution < 1.29 is 0 Å². The molecule has 0 spiro atoms. The zero-order valence-corrected chi connectivity index (χ0v) is 13.6. The Balaban J connectivity index is 1.97. The van der Waals surface area contributed by atoms with Crippen LogP contribution in [0.2, 0.25) is 10.0 Å².